The van der Waals surface area contributed by atoms with Crippen molar-refractivity contribution in [2.24, 2.45) is 17.6 Å². The summed E-state index contributed by atoms with van der Waals surface area (Å²) in [6.45, 7) is 7.69. The standard InChI is InChI=1S/C29H39ClN4O2/c1-21-3-8-26(20-27(21)30)34(29(36)25-9-13-32-14-10-25)16-2-15-33-17-11-23(12-18-33)19-22-4-6-24(7-5-22)28(31)35/h3-8,20,23,25,32H,2,9-19H2,1H3,(H2,31,35). The first-order valence-electron chi connectivity index (χ1n) is 13.3. The monoisotopic (exact) mass is 510 g/mol. The number of anilines is 1. The number of rotatable bonds is 9. The molecule has 2 aromatic rings. The summed E-state index contributed by atoms with van der Waals surface area (Å²) < 4.78 is 0. The van der Waals surface area contributed by atoms with Crippen LogP contribution in [0.3, 0.4) is 0 Å². The molecule has 6 nitrogen and oxygen atoms in total. The predicted molar refractivity (Wildman–Crippen MR) is 147 cm³/mol. The molecule has 2 heterocycles. The van der Waals surface area contributed by atoms with Gasteiger partial charge < -0.3 is 20.9 Å². The quantitative estimate of drug-likeness (QED) is 0.523. The Labute approximate surface area is 220 Å². The molecule has 2 aromatic carbocycles. The van der Waals surface area contributed by atoms with E-state index < -0.39 is 0 Å². The van der Waals surface area contributed by atoms with Crippen LogP contribution in [-0.2, 0) is 11.2 Å². The lowest BCUT2D eigenvalue weighted by molar-refractivity contribution is -0.123. The molecule has 0 atom stereocenters. The maximum Gasteiger partial charge on any atom is 0.248 e. The van der Waals surface area contributed by atoms with Crippen LogP contribution in [0.5, 0.6) is 0 Å². The summed E-state index contributed by atoms with van der Waals surface area (Å²) in [5.41, 5.74) is 9.12. The Balaban J connectivity index is 1.28. The highest BCUT2D eigenvalue weighted by Crippen LogP contribution is 2.27. The van der Waals surface area contributed by atoms with E-state index in [9.17, 15) is 9.59 Å². The lowest BCUT2D eigenvalue weighted by Gasteiger charge is -2.33. The van der Waals surface area contributed by atoms with Gasteiger partial charge in [-0.25, -0.2) is 0 Å². The zero-order valence-corrected chi connectivity index (χ0v) is 22.1. The van der Waals surface area contributed by atoms with E-state index in [0.29, 0.717) is 23.0 Å². The first-order valence-corrected chi connectivity index (χ1v) is 13.7. The minimum absolute atomic E-state index is 0.0825. The number of carbonyl (C=O) groups excluding carboxylic acids is 2. The fourth-order valence-corrected chi connectivity index (χ4v) is 5.59. The molecule has 0 radical (unpaired) electrons. The highest BCUT2D eigenvalue weighted by molar-refractivity contribution is 6.31. The van der Waals surface area contributed by atoms with Crippen molar-refractivity contribution in [2.75, 3.05) is 44.2 Å². The van der Waals surface area contributed by atoms with Gasteiger partial charge >= 0.3 is 0 Å². The maximum atomic E-state index is 13.5. The summed E-state index contributed by atoms with van der Waals surface area (Å²) in [6.07, 6.45) is 6.12. The molecular formula is C29H39ClN4O2. The van der Waals surface area contributed by atoms with E-state index in [-0.39, 0.29) is 17.7 Å². The first kappa shape index (κ1) is 26.6. The van der Waals surface area contributed by atoms with Gasteiger partial charge in [-0.3, -0.25) is 9.59 Å². The largest absolute Gasteiger partial charge is 0.366 e. The number of carbonyl (C=O) groups is 2. The smallest absolute Gasteiger partial charge is 0.248 e. The van der Waals surface area contributed by atoms with Crippen molar-refractivity contribution in [3.8, 4) is 0 Å². The molecule has 2 fully saturated rings. The molecule has 0 aromatic heterocycles. The molecule has 36 heavy (non-hydrogen) atoms. The van der Waals surface area contributed by atoms with E-state index in [1.807, 2.05) is 54.3 Å². The molecule has 2 amide bonds. The number of benzene rings is 2. The topological polar surface area (TPSA) is 78.7 Å². The number of hydrogen-bond donors (Lipinski definition) is 2. The van der Waals surface area contributed by atoms with Crippen LogP contribution in [-0.4, -0.2) is 56.0 Å². The van der Waals surface area contributed by atoms with Crippen LogP contribution in [0.2, 0.25) is 5.02 Å². The number of hydrogen-bond acceptors (Lipinski definition) is 4. The van der Waals surface area contributed by atoms with E-state index in [1.54, 1.807) is 0 Å². The molecule has 2 saturated heterocycles. The SMILES string of the molecule is Cc1ccc(N(CCCN2CCC(Cc3ccc(C(N)=O)cc3)CC2)C(=O)C2CCNCC2)cc1Cl. The molecule has 2 aliphatic rings. The summed E-state index contributed by atoms with van der Waals surface area (Å²) in [7, 11) is 0. The van der Waals surface area contributed by atoms with Gasteiger partial charge in [0.15, 0.2) is 0 Å². The molecule has 4 rings (SSSR count). The summed E-state index contributed by atoms with van der Waals surface area (Å²) in [4.78, 5) is 29.3. The molecule has 0 unspecified atom stereocenters. The number of aryl methyl sites for hydroxylation is 1. The van der Waals surface area contributed by atoms with Crippen LogP contribution < -0.4 is 16.0 Å². The minimum Gasteiger partial charge on any atom is -0.366 e. The van der Waals surface area contributed by atoms with Crippen LogP contribution in [0.15, 0.2) is 42.5 Å². The number of amides is 2. The third-order valence-corrected chi connectivity index (χ3v) is 8.15. The van der Waals surface area contributed by atoms with E-state index in [4.69, 9.17) is 17.3 Å². The van der Waals surface area contributed by atoms with Crippen LogP contribution in [0.1, 0.15) is 53.6 Å². The van der Waals surface area contributed by atoms with Crippen molar-refractivity contribution in [1.29, 1.82) is 0 Å². The molecule has 0 saturated carbocycles. The lowest BCUT2D eigenvalue weighted by Crippen LogP contribution is -2.43. The molecule has 0 aliphatic carbocycles. The maximum absolute atomic E-state index is 13.5. The number of nitrogens with zero attached hydrogens (tertiary/aromatic N) is 2. The molecule has 0 bridgehead atoms. The van der Waals surface area contributed by atoms with E-state index in [2.05, 4.69) is 10.2 Å². The predicted octanol–water partition coefficient (Wildman–Crippen LogP) is 4.42. The van der Waals surface area contributed by atoms with E-state index in [1.165, 1.54) is 18.4 Å². The van der Waals surface area contributed by atoms with Crippen LogP contribution in [0.25, 0.3) is 0 Å². The average molecular weight is 511 g/mol. The Morgan fingerprint density at radius 1 is 1.06 bits per heavy atom. The van der Waals surface area contributed by atoms with Crippen molar-refractivity contribution in [1.82, 2.24) is 10.2 Å². The van der Waals surface area contributed by atoms with Crippen molar-refractivity contribution < 1.29 is 9.59 Å². The molecule has 194 valence electrons. The number of nitrogens with one attached hydrogen (secondary N) is 1. The molecule has 7 heteroatoms. The van der Waals surface area contributed by atoms with Gasteiger partial charge in [-0.15, -0.1) is 0 Å². The normalized spacial score (nSPS) is 17.7. The number of piperidine rings is 2. The number of primary amides is 1. The Morgan fingerprint density at radius 3 is 2.39 bits per heavy atom. The van der Waals surface area contributed by atoms with Gasteiger partial charge in [-0.05, 0) is 119 Å². The fraction of sp³-hybridized carbons (Fsp3) is 0.517. The highest BCUT2D eigenvalue weighted by atomic mass is 35.5. The second-order valence-corrected chi connectivity index (χ2v) is 10.8. The Bertz CT molecular complexity index is 1030. The van der Waals surface area contributed by atoms with Crippen molar-refractivity contribution in [3.63, 3.8) is 0 Å². The van der Waals surface area contributed by atoms with Crippen LogP contribution in [0.4, 0.5) is 5.69 Å². The van der Waals surface area contributed by atoms with Gasteiger partial charge in [0.2, 0.25) is 11.8 Å². The summed E-state index contributed by atoms with van der Waals surface area (Å²) in [5, 5.41) is 4.07. The van der Waals surface area contributed by atoms with E-state index in [0.717, 1.165) is 69.7 Å². The number of nitrogens with two attached hydrogens (primary N) is 1. The Morgan fingerprint density at radius 2 is 1.75 bits per heavy atom. The summed E-state index contributed by atoms with van der Waals surface area (Å²) in [6, 6.07) is 13.7. The van der Waals surface area contributed by atoms with Gasteiger partial charge in [0.1, 0.15) is 0 Å². The van der Waals surface area contributed by atoms with Crippen LogP contribution in [0, 0.1) is 18.8 Å². The second-order valence-electron chi connectivity index (χ2n) is 10.4. The van der Waals surface area contributed by atoms with Gasteiger partial charge in [0.05, 0.1) is 0 Å². The summed E-state index contributed by atoms with van der Waals surface area (Å²) >= 11 is 6.42. The zero-order valence-electron chi connectivity index (χ0n) is 21.3. The number of likely N-dealkylation sites (tertiary alicyclic amines) is 1. The van der Waals surface area contributed by atoms with Crippen molar-refractivity contribution >= 4 is 29.1 Å². The Kier molecular flexibility index (Phi) is 9.41. The average Bonchev–Trinajstić information content (AvgIpc) is 2.90. The number of halogens is 1. The van der Waals surface area contributed by atoms with Gasteiger partial charge in [0, 0.05) is 28.7 Å². The first-order chi connectivity index (χ1) is 17.4. The third kappa shape index (κ3) is 7.09. The zero-order chi connectivity index (χ0) is 25.5. The minimum atomic E-state index is -0.378. The Hall–Kier alpha value is -2.41. The molecule has 3 N–H and O–H groups in total. The van der Waals surface area contributed by atoms with Crippen molar-refractivity contribution in [2.45, 2.75) is 45.4 Å². The van der Waals surface area contributed by atoms with Gasteiger partial charge in [0.25, 0.3) is 0 Å². The lowest BCUT2D eigenvalue weighted by atomic mass is 9.90. The van der Waals surface area contributed by atoms with E-state index >= 15 is 0 Å². The second kappa shape index (κ2) is 12.7. The summed E-state index contributed by atoms with van der Waals surface area (Å²) in [5.74, 6) is 0.598. The molecular weight excluding hydrogens is 472 g/mol. The highest BCUT2D eigenvalue weighted by Gasteiger charge is 2.27. The fourth-order valence-electron chi connectivity index (χ4n) is 5.41. The van der Waals surface area contributed by atoms with Crippen LogP contribution >= 0.6 is 11.6 Å². The third-order valence-electron chi connectivity index (χ3n) is 7.75. The van der Waals surface area contributed by atoms with Crippen molar-refractivity contribution in [3.05, 3.63) is 64.2 Å². The van der Waals surface area contributed by atoms with Gasteiger partial charge in [-0.1, -0.05) is 29.8 Å². The molecule has 2 aliphatic heterocycles. The van der Waals surface area contributed by atoms with Gasteiger partial charge in [-0.2, -0.15) is 0 Å². The molecule has 0 spiro atoms.